The molecule has 0 saturated heterocycles. The number of halogens is 2. The van der Waals surface area contributed by atoms with Crippen molar-refractivity contribution >= 4 is 6.03 Å². The SMILES string of the molecule is O=C(NCc1ccn[nH]1)NC[C@@H](O)c1ccc(F)cc1F. The summed E-state index contributed by atoms with van der Waals surface area (Å²) >= 11 is 0. The van der Waals surface area contributed by atoms with Crippen LogP contribution in [0.3, 0.4) is 0 Å². The third kappa shape index (κ3) is 4.25. The minimum absolute atomic E-state index is 0.0785. The molecule has 21 heavy (non-hydrogen) atoms. The molecule has 6 nitrogen and oxygen atoms in total. The number of hydrogen-bond acceptors (Lipinski definition) is 3. The first kappa shape index (κ1) is 14.9. The molecule has 112 valence electrons. The number of benzene rings is 1. The van der Waals surface area contributed by atoms with Gasteiger partial charge in [0.05, 0.1) is 18.3 Å². The Balaban J connectivity index is 1.80. The number of nitrogens with one attached hydrogen (secondary N) is 3. The maximum atomic E-state index is 13.4. The lowest BCUT2D eigenvalue weighted by atomic mass is 10.1. The van der Waals surface area contributed by atoms with Crippen LogP contribution >= 0.6 is 0 Å². The summed E-state index contributed by atoms with van der Waals surface area (Å²) in [7, 11) is 0. The summed E-state index contributed by atoms with van der Waals surface area (Å²) in [4.78, 5) is 11.5. The van der Waals surface area contributed by atoms with Crippen molar-refractivity contribution in [1.29, 1.82) is 0 Å². The molecule has 1 aromatic carbocycles. The Morgan fingerprint density at radius 2 is 2.14 bits per heavy atom. The summed E-state index contributed by atoms with van der Waals surface area (Å²) in [5, 5.41) is 21.1. The minimum atomic E-state index is -1.26. The summed E-state index contributed by atoms with van der Waals surface area (Å²) in [5.74, 6) is -1.59. The van der Waals surface area contributed by atoms with Crippen molar-refractivity contribution in [2.45, 2.75) is 12.6 Å². The van der Waals surface area contributed by atoms with E-state index in [1.54, 1.807) is 12.3 Å². The summed E-state index contributed by atoms with van der Waals surface area (Å²) in [5.41, 5.74) is 0.639. The molecule has 0 aliphatic rings. The van der Waals surface area contributed by atoms with Gasteiger partial charge in [0.1, 0.15) is 11.6 Å². The average molecular weight is 296 g/mol. The number of aliphatic hydroxyl groups excluding tert-OH is 1. The smallest absolute Gasteiger partial charge is 0.315 e. The van der Waals surface area contributed by atoms with Gasteiger partial charge in [-0.1, -0.05) is 6.07 Å². The number of aromatic nitrogens is 2. The van der Waals surface area contributed by atoms with E-state index < -0.39 is 23.8 Å². The molecule has 2 rings (SSSR count). The molecule has 0 spiro atoms. The van der Waals surface area contributed by atoms with E-state index in [-0.39, 0.29) is 18.7 Å². The van der Waals surface area contributed by atoms with Crippen molar-refractivity contribution in [3.05, 3.63) is 53.4 Å². The molecular weight excluding hydrogens is 282 g/mol. The van der Waals surface area contributed by atoms with Gasteiger partial charge in [-0.2, -0.15) is 5.10 Å². The molecule has 2 aromatic rings. The van der Waals surface area contributed by atoms with E-state index in [0.29, 0.717) is 6.07 Å². The van der Waals surface area contributed by atoms with Gasteiger partial charge in [0.25, 0.3) is 0 Å². The molecule has 0 bridgehead atoms. The number of carbonyl (C=O) groups excluding carboxylic acids is 1. The number of urea groups is 1. The number of H-pyrrole nitrogens is 1. The molecule has 0 fully saturated rings. The van der Waals surface area contributed by atoms with Crippen LogP contribution in [0.25, 0.3) is 0 Å². The van der Waals surface area contributed by atoms with Crippen molar-refractivity contribution < 1.29 is 18.7 Å². The number of hydrogen-bond donors (Lipinski definition) is 4. The standard InChI is InChI=1S/C13H14F2N4O2/c14-8-1-2-10(11(15)5-8)12(20)7-17-13(21)16-6-9-3-4-18-19-9/h1-5,12,20H,6-7H2,(H,18,19)(H2,16,17,21)/t12-/m1/s1. The van der Waals surface area contributed by atoms with Gasteiger partial charge in [-0.3, -0.25) is 5.10 Å². The highest BCUT2D eigenvalue weighted by Gasteiger charge is 2.14. The molecule has 0 radical (unpaired) electrons. The van der Waals surface area contributed by atoms with Crippen LogP contribution in [0, 0.1) is 11.6 Å². The molecule has 4 N–H and O–H groups in total. The summed E-state index contributed by atoms with van der Waals surface area (Å²) in [6, 6.07) is 4.03. The molecule has 8 heteroatoms. The Hall–Kier alpha value is -2.48. The monoisotopic (exact) mass is 296 g/mol. The zero-order valence-corrected chi connectivity index (χ0v) is 10.9. The van der Waals surface area contributed by atoms with Gasteiger partial charge in [0.2, 0.25) is 0 Å². The third-order valence-electron chi connectivity index (χ3n) is 2.78. The van der Waals surface area contributed by atoms with E-state index in [4.69, 9.17) is 0 Å². The molecular formula is C13H14F2N4O2. The predicted molar refractivity (Wildman–Crippen MR) is 70.1 cm³/mol. The van der Waals surface area contributed by atoms with E-state index in [1.807, 2.05) is 0 Å². The Morgan fingerprint density at radius 1 is 1.33 bits per heavy atom. The third-order valence-corrected chi connectivity index (χ3v) is 2.78. The van der Waals surface area contributed by atoms with Gasteiger partial charge >= 0.3 is 6.03 Å². The first-order chi connectivity index (χ1) is 10.1. The second kappa shape index (κ2) is 6.80. The van der Waals surface area contributed by atoms with E-state index in [9.17, 15) is 18.7 Å². The van der Waals surface area contributed by atoms with E-state index in [0.717, 1.165) is 17.8 Å². The van der Waals surface area contributed by atoms with Crippen LogP contribution in [-0.2, 0) is 6.54 Å². The van der Waals surface area contributed by atoms with Crippen molar-refractivity contribution in [3.63, 3.8) is 0 Å². The van der Waals surface area contributed by atoms with Gasteiger partial charge in [-0.15, -0.1) is 0 Å². The van der Waals surface area contributed by atoms with Crippen molar-refractivity contribution in [1.82, 2.24) is 20.8 Å². The van der Waals surface area contributed by atoms with Gasteiger partial charge in [0.15, 0.2) is 0 Å². The van der Waals surface area contributed by atoms with Crippen LogP contribution in [-0.4, -0.2) is 27.9 Å². The lowest BCUT2D eigenvalue weighted by Gasteiger charge is -2.13. The first-order valence-electron chi connectivity index (χ1n) is 6.19. The largest absolute Gasteiger partial charge is 0.386 e. The Bertz CT molecular complexity index is 604. The minimum Gasteiger partial charge on any atom is -0.386 e. The van der Waals surface area contributed by atoms with E-state index in [2.05, 4.69) is 20.8 Å². The number of rotatable bonds is 5. The van der Waals surface area contributed by atoms with E-state index >= 15 is 0 Å². The number of aliphatic hydroxyl groups is 1. The second-order valence-corrected chi connectivity index (χ2v) is 4.33. The predicted octanol–water partition coefficient (Wildman–Crippen LogP) is 1.22. The topological polar surface area (TPSA) is 90.0 Å². The summed E-state index contributed by atoms with van der Waals surface area (Å²) < 4.78 is 26.2. The van der Waals surface area contributed by atoms with E-state index in [1.165, 1.54) is 0 Å². The summed E-state index contributed by atoms with van der Waals surface area (Å²) in [6.07, 6.45) is 0.291. The zero-order valence-electron chi connectivity index (χ0n) is 10.9. The number of carbonyl (C=O) groups is 1. The number of amides is 2. The average Bonchev–Trinajstić information content (AvgIpc) is 2.95. The maximum Gasteiger partial charge on any atom is 0.315 e. The second-order valence-electron chi connectivity index (χ2n) is 4.33. The van der Waals surface area contributed by atoms with Crippen LogP contribution in [0.1, 0.15) is 17.4 Å². The normalized spacial score (nSPS) is 12.0. The Kier molecular flexibility index (Phi) is 4.83. The summed E-state index contributed by atoms with van der Waals surface area (Å²) in [6.45, 7) is 0.0458. The van der Waals surface area contributed by atoms with Gasteiger partial charge in [-0.05, 0) is 12.1 Å². The fraction of sp³-hybridized carbons (Fsp3) is 0.231. The highest BCUT2D eigenvalue weighted by Crippen LogP contribution is 2.17. The van der Waals surface area contributed by atoms with Crippen LogP contribution in [0.15, 0.2) is 30.5 Å². The van der Waals surface area contributed by atoms with Crippen molar-refractivity contribution in [2.24, 2.45) is 0 Å². The number of nitrogens with zero attached hydrogens (tertiary/aromatic N) is 1. The van der Waals surface area contributed by atoms with Gasteiger partial charge in [-0.25, -0.2) is 13.6 Å². The molecule has 1 aromatic heterocycles. The molecule has 0 aliphatic heterocycles. The fourth-order valence-corrected chi connectivity index (χ4v) is 1.69. The van der Waals surface area contributed by atoms with Crippen LogP contribution < -0.4 is 10.6 Å². The van der Waals surface area contributed by atoms with Gasteiger partial charge in [0, 0.05) is 24.4 Å². The Labute approximate surface area is 119 Å². The Morgan fingerprint density at radius 3 is 2.81 bits per heavy atom. The molecule has 0 unspecified atom stereocenters. The van der Waals surface area contributed by atoms with Gasteiger partial charge < -0.3 is 15.7 Å². The quantitative estimate of drug-likeness (QED) is 0.669. The molecule has 1 atom stereocenters. The lowest BCUT2D eigenvalue weighted by Crippen LogP contribution is -2.37. The molecule has 0 saturated carbocycles. The highest BCUT2D eigenvalue weighted by molar-refractivity contribution is 5.73. The van der Waals surface area contributed by atoms with Crippen LogP contribution in [0.5, 0.6) is 0 Å². The van der Waals surface area contributed by atoms with Crippen molar-refractivity contribution in [2.75, 3.05) is 6.54 Å². The zero-order chi connectivity index (χ0) is 15.2. The first-order valence-corrected chi connectivity index (χ1v) is 6.19. The van der Waals surface area contributed by atoms with Crippen molar-refractivity contribution in [3.8, 4) is 0 Å². The van der Waals surface area contributed by atoms with Crippen LogP contribution in [0.2, 0.25) is 0 Å². The lowest BCUT2D eigenvalue weighted by molar-refractivity contribution is 0.168. The molecule has 2 amide bonds. The molecule has 1 heterocycles. The van der Waals surface area contributed by atoms with Crippen LogP contribution in [0.4, 0.5) is 13.6 Å². The number of aromatic amines is 1. The highest BCUT2D eigenvalue weighted by atomic mass is 19.1. The fourth-order valence-electron chi connectivity index (χ4n) is 1.69. The maximum absolute atomic E-state index is 13.4. The molecule has 0 aliphatic carbocycles.